The highest BCUT2D eigenvalue weighted by atomic mass is 35.5. The van der Waals surface area contributed by atoms with Crippen molar-refractivity contribution in [1.29, 1.82) is 0 Å². The molecule has 0 unspecified atom stereocenters. The van der Waals surface area contributed by atoms with Gasteiger partial charge in [-0.1, -0.05) is 11.6 Å². The van der Waals surface area contributed by atoms with Crippen LogP contribution in [-0.4, -0.2) is 30.3 Å². The average molecular weight is 274 g/mol. The number of halogens is 1. The first-order valence-electron chi connectivity index (χ1n) is 5.30. The van der Waals surface area contributed by atoms with Gasteiger partial charge in [0.2, 0.25) is 0 Å². The highest BCUT2D eigenvalue weighted by Crippen LogP contribution is 2.38. The molecular formula is C12H16ClNO4. The first-order valence-corrected chi connectivity index (χ1v) is 5.68. The number of hydrogen-bond acceptors (Lipinski definition) is 4. The van der Waals surface area contributed by atoms with E-state index in [1.54, 1.807) is 13.8 Å². The molecule has 0 aliphatic heterocycles. The predicted molar refractivity (Wildman–Crippen MR) is 68.7 cm³/mol. The molecule has 18 heavy (non-hydrogen) atoms. The quantitative estimate of drug-likeness (QED) is 0.859. The summed E-state index contributed by atoms with van der Waals surface area (Å²) in [5, 5.41) is 9.10. The van der Waals surface area contributed by atoms with Crippen LogP contribution in [0.4, 0.5) is 0 Å². The maximum Gasteiger partial charge on any atom is 0.335 e. The highest BCUT2D eigenvalue weighted by Gasteiger charge is 2.23. The molecule has 100 valence electrons. The second kappa shape index (κ2) is 5.46. The number of nitrogens with two attached hydrogens (primary N) is 1. The fourth-order valence-corrected chi connectivity index (χ4v) is 1.51. The standard InChI is InChI=1S/C12H16ClNO4/c1-12(2,6-14)18-10-8(13)4-7(11(15)16)5-9(10)17-3/h4-5H,6,14H2,1-3H3,(H,15,16). The molecule has 0 aliphatic rings. The van der Waals surface area contributed by atoms with E-state index in [2.05, 4.69) is 0 Å². The number of methoxy groups -OCH3 is 1. The molecule has 1 aromatic carbocycles. The number of ether oxygens (including phenoxy) is 2. The Labute approximate surface area is 110 Å². The molecule has 0 radical (unpaired) electrons. The van der Waals surface area contributed by atoms with Gasteiger partial charge in [0.25, 0.3) is 0 Å². The van der Waals surface area contributed by atoms with E-state index in [0.717, 1.165) is 0 Å². The second-order valence-electron chi connectivity index (χ2n) is 4.36. The third kappa shape index (κ3) is 3.27. The molecule has 6 heteroatoms. The monoisotopic (exact) mass is 273 g/mol. The van der Waals surface area contributed by atoms with Crippen molar-refractivity contribution >= 4 is 17.6 Å². The van der Waals surface area contributed by atoms with Crippen molar-refractivity contribution < 1.29 is 19.4 Å². The minimum Gasteiger partial charge on any atom is -0.493 e. The van der Waals surface area contributed by atoms with Crippen LogP contribution in [0.25, 0.3) is 0 Å². The minimum absolute atomic E-state index is 0.0368. The Kier molecular flexibility index (Phi) is 4.43. The Hall–Kier alpha value is -1.46. The Balaban J connectivity index is 3.23. The second-order valence-corrected chi connectivity index (χ2v) is 4.77. The van der Waals surface area contributed by atoms with Crippen LogP contribution >= 0.6 is 11.6 Å². The molecule has 0 heterocycles. The van der Waals surface area contributed by atoms with Gasteiger partial charge in [-0.25, -0.2) is 4.79 Å². The average Bonchev–Trinajstić information content (AvgIpc) is 2.31. The Morgan fingerprint density at radius 3 is 2.56 bits per heavy atom. The molecule has 0 aliphatic carbocycles. The van der Waals surface area contributed by atoms with E-state index in [1.807, 2.05) is 0 Å². The summed E-state index contributed by atoms with van der Waals surface area (Å²) in [7, 11) is 1.42. The molecule has 1 rings (SSSR count). The first-order chi connectivity index (χ1) is 8.30. The maximum absolute atomic E-state index is 10.9. The molecule has 0 spiro atoms. The summed E-state index contributed by atoms with van der Waals surface area (Å²) < 4.78 is 10.8. The largest absolute Gasteiger partial charge is 0.493 e. The SMILES string of the molecule is COc1cc(C(=O)O)cc(Cl)c1OC(C)(C)CN. The summed E-state index contributed by atoms with van der Waals surface area (Å²) in [6.07, 6.45) is 0. The van der Waals surface area contributed by atoms with Gasteiger partial charge in [-0.05, 0) is 26.0 Å². The zero-order valence-corrected chi connectivity index (χ0v) is 11.2. The fourth-order valence-electron chi connectivity index (χ4n) is 1.26. The molecule has 0 saturated heterocycles. The van der Waals surface area contributed by atoms with Crippen LogP contribution < -0.4 is 15.2 Å². The van der Waals surface area contributed by atoms with Crippen molar-refractivity contribution in [2.24, 2.45) is 5.73 Å². The third-order valence-corrected chi connectivity index (χ3v) is 2.63. The summed E-state index contributed by atoms with van der Waals surface area (Å²) >= 11 is 6.01. The van der Waals surface area contributed by atoms with Crippen LogP contribution in [0.2, 0.25) is 5.02 Å². The van der Waals surface area contributed by atoms with Crippen molar-refractivity contribution in [3.63, 3.8) is 0 Å². The molecule has 0 fully saturated rings. The number of carboxylic acids is 1. The third-order valence-electron chi connectivity index (χ3n) is 2.35. The van der Waals surface area contributed by atoms with Gasteiger partial charge in [-0.3, -0.25) is 0 Å². The molecule has 0 amide bonds. The lowest BCUT2D eigenvalue weighted by Gasteiger charge is -2.26. The lowest BCUT2D eigenvalue weighted by Crippen LogP contribution is -2.37. The Morgan fingerprint density at radius 1 is 1.50 bits per heavy atom. The van der Waals surface area contributed by atoms with Crippen LogP contribution in [-0.2, 0) is 0 Å². The van der Waals surface area contributed by atoms with Crippen molar-refractivity contribution in [3.05, 3.63) is 22.7 Å². The van der Waals surface area contributed by atoms with Crippen LogP contribution in [0.15, 0.2) is 12.1 Å². The van der Waals surface area contributed by atoms with Crippen molar-refractivity contribution in [3.8, 4) is 11.5 Å². The molecule has 0 saturated carbocycles. The molecular weight excluding hydrogens is 258 g/mol. The van der Waals surface area contributed by atoms with E-state index in [9.17, 15) is 4.79 Å². The number of carboxylic acid groups (broad SMARTS) is 1. The smallest absolute Gasteiger partial charge is 0.335 e. The van der Waals surface area contributed by atoms with Gasteiger partial charge in [0.1, 0.15) is 5.60 Å². The molecule has 0 atom stereocenters. The molecule has 1 aromatic rings. The normalized spacial score (nSPS) is 11.2. The lowest BCUT2D eigenvalue weighted by molar-refractivity contribution is 0.0696. The zero-order valence-electron chi connectivity index (χ0n) is 10.5. The number of aromatic carboxylic acids is 1. The fraction of sp³-hybridized carbons (Fsp3) is 0.417. The molecule has 0 bridgehead atoms. The number of benzene rings is 1. The van der Waals surface area contributed by atoms with Gasteiger partial charge in [0.05, 0.1) is 17.7 Å². The minimum atomic E-state index is -1.08. The van der Waals surface area contributed by atoms with E-state index in [1.165, 1.54) is 19.2 Å². The van der Waals surface area contributed by atoms with Gasteiger partial charge in [0.15, 0.2) is 11.5 Å². The summed E-state index contributed by atoms with van der Waals surface area (Å²) in [4.78, 5) is 10.9. The van der Waals surface area contributed by atoms with Gasteiger partial charge < -0.3 is 20.3 Å². The summed E-state index contributed by atoms with van der Waals surface area (Å²) in [6, 6.07) is 2.67. The Bertz CT molecular complexity index is 460. The molecule has 5 nitrogen and oxygen atoms in total. The zero-order chi connectivity index (χ0) is 13.9. The van der Waals surface area contributed by atoms with Crippen LogP contribution in [0.5, 0.6) is 11.5 Å². The number of rotatable bonds is 5. The van der Waals surface area contributed by atoms with E-state index in [4.69, 9.17) is 31.9 Å². The van der Waals surface area contributed by atoms with Crippen molar-refractivity contribution in [1.82, 2.24) is 0 Å². The van der Waals surface area contributed by atoms with Crippen LogP contribution in [0, 0.1) is 0 Å². The van der Waals surface area contributed by atoms with E-state index >= 15 is 0 Å². The summed E-state index contributed by atoms with van der Waals surface area (Å²) in [5.41, 5.74) is 4.98. The topological polar surface area (TPSA) is 81.8 Å². The van der Waals surface area contributed by atoms with E-state index in [0.29, 0.717) is 5.75 Å². The lowest BCUT2D eigenvalue weighted by atomic mass is 10.1. The van der Waals surface area contributed by atoms with Crippen molar-refractivity contribution in [2.75, 3.05) is 13.7 Å². The van der Waals surface area contributed by atoms with Crippen molar-refractivity contribution in [2.45, 2.75) is 19.4 Å². The van der Waals surface area contributed by atoms with Gasteiger partial charge in [-0.15, -0.1) is 0 Å². The number of carbonyl (C=O) groups is 1. The van der Waals surface area contributed by atoms with E-state index < -0.39 is 11.6 Å². The summed E-state index contributed by atoms with van der Waals surface area (Å²) in [5.74, 6) is -0.527. The van der Waals surface area contributed by atoms with Gasteiger partial charge in [0, 0.05) is 6.54 Å². The Morgan fingerprint density at radius 2 is 2.11 bits per heavy atom. The van der Waals surface area contributed by atoms with E-state index in [-0.39, 0.29) is 22.9 Å². The van der Waals surface area contributed by atoms with Gasteiger partial charge >= 0.3 is 5.97 Å². The number of hydrogen-bond donors (Lipinski definition) is 2. The highest BCUT2D eigenvalue weighted by molar-refractivity contribution is 6.32. The maximum atomic E-state index is 10.9. The predicted octanol–water partition coefficient (Wildman–Crippen LogP) is 2.16. The molecule has 3 N–H and O–H groups in total. The van der Waals surface area contributed by atoms with Gasteiger partial charge in [-0.2, -0.15) is 0 Å². The molecule has 0 aromatic heterocycles. The first kappa shape index (κ1) is 14.6. The van der Waals surface area contributed by atoms with Crippen LogP contribution in [0.1, 0.15) is 24.2 Å². The summed E-state index contributed by atoms with van der Waals surface area (Å²) in [6.45, 7) is 3.88. The van der Waals surface area contributed by atoms with Crippen LogP contribution in [0.3, 0.4) is 0 Å².